The summed E-state index contributed by atoms with van der Waals surface area (Å²) in [5, 5.41) is 10.9. The van der Waals surface area contributed by atoms with Crippen molar-refractivity contribution in [2.45, 2.75) is 25.0 Å². The Bertz CT molecular complexity index is 563. The molecule has 0 saturated carbocycles. The van der Waals surface area contributed by atoms with Crippen LogP contribution in [0, 0.1) is 0 Å². The smallest absolute Gasteiger partial charge is 0.161 e. The van der Waals surface area contributed by atoms with Crippen LogP contribution in [-0.4, -0.2) is 38.5 Å². The van der Waals surface area contributed by atoms with Crippen LogP contribution in [0.4, 0.5) is 0 Å². The molecule has 1 saturated heterocycles. The van der Waals surface area contributed by atoms with E-state index in [1.54, 1.807) is 12.4 Å². The maximum Gasteiger partial charge on any atom is 0.161 e. The third kappa shape index (κ3) is 2.21. The highest BCUT2D eigenvalue weighted by molar-refractivity contribution is 6.29. The lowest BCUT2D eigenvalue weighted by molar-refractivity contribution is -0.0723. The van der Waals surface area contributed by atoms with Gasteiger partial charge in [0.15, 0.2) is 5.65 Å². The second-order valence-electron chi connectivity index (χ2n) is 4.69. The average Bonchev–Trinajstić information content (AvgIpc) is 2.72. The van der Waals surface area contributed by atoms with E-state index in [0.29, 0.717) is 43.4 Å². The number of halogens is 1. The third-order valence-corrected chi connectivity index (χ3v) is 3.53. The molecule has 96 valence electrons. The standard InChI is InChI=1S/C12H14ClN3O2/c13-10-2-1-9-11(15-10)16(8-14-9)7-12(17)3-5-18-6-4-12/h1-2,8,17H,3-7H2. The molecule has 1 aliphatic heterocycles. The predicted molar refractivity (Wildman–Crippen MR) is 67.5 cm³/mol. The molecule has 3 heterocycles. The number of pyridine rings is 1. The minimum atomic E-state index is -0.740. The van der Waals surface area contributed by atoms with E-state index in [2.05, 4.69) is 9.97 Å². The van der Waals surface area contributed by atoms with Gasteiger partial charge >= 0.3 is 0 Å². The van der Waals surface area contributed by atoms with Gasteiger partial charge in [-0.2, -0.15) is 0 Å². The Balaban J connectivity index is 1.92. The Morgan fingerprint density at radius 3 is 2.94 bits per heavy atom. The Labute approximate surface area is 109 Å². The lowest BCUT2D eigenvalue weighted by Gasteiger charge is -2.32. The first kappa shape index (κ1) is 11.9. The molecule has 0 amide bonds. The fourth-order valence-corrected chi connectivity index (χ4v) is 2.40. The van der Waals surface area contributed by atoms with Crippen molar-refractivity contribution in [2.75, 3.05) is 13.2 Å². The van der Waals surface area contributed by atoms with Gasteiger partial charge in [0.05, 0.1) is 18.5 Å². The van der Waals surface area contributed by atoms with Gasteiger partial charge in [0.1, 0.15) is 10.7 Å². The van der Waals surface area contributed by atoms with E-state index in [-0.39, 0.29) is 0 Å². The number of fused-ring (bicyclic) bond motifs is 1. The van der Waals surface area contributed by atoms with Gasteiger partial charge in [0.2, 0.25) is 0 Å². The lowest BCUT2D eigenvalue weighted by atomic mass is 9.94. The Hall–Kier alpha value is -1.17. The molecule has 0 spiro atoms. The van der Waals surface area contributed by atoms with Crippen LogP contribution in [0.1, 0.15) is 12.8 Å². The molecule has 1 aliphatic rings. The number of nitrogens with zero attached hydrogens (tertiary/aromatic N) is 3. The van der Waals surface area contributed by atoms with Crippen molar-refractivity contribution in [1.29, 1.82) is 0 Å². The quantitative estimate of drug-likeness (QED) is 0.840. The number of hydrogen-bond donors (Lipinski definition) is 1. The monoisotopic (exact) mass is 267 g/mol. The summed E-state index contributed by atoms with van der Waals surface area (Å²) in [6.07, 6.45) is 2.96. The maximum absolute atomic E-state index is 10.5. The van der Waals surface area contributed by atoms with Crippen LogP contribution in [0.3, 0.4) is 0 Å². The van der Waals surface area contributed by atoms with Crippen molar-refractivity contribution >= 4 is 22.8 Å². The first-order valence-electron chi connectivity index (χ1n) is 5.94. The van der Waals surface area contributed by atoms with Crippen LogP contribution in [-0.2, 0) is 11.3 Å². The van der Waals surface area contributed by atoms with Gasteiger partial charge in [-0.3, -0.25) is 0 Å². The Morgan fingerprint density at radius 2 is 2.17 bits per heavy atom. The molecule has 0 aromatic carbocycles. The second-order valence-corrected chi connectivity index (χ2v) is 5.07. The van der Waals surface area contributed by atoms with Crippen molar-refractivity contribution < 1.29 is 9.84 Å². The van der Waals surface area contributed by atoms with Gasteiger partial charge in [-0.15, -0.1) is 0 Å². The summed E-state index contributed by atoms with van der Waals surface area (Å²) in [5.41, 5.74) is 0.757. The van der Waals surface area contributed by atoms with Crippen molar-refractivity contribution in [3.63, 3.8) is 0 Å². The molecule has 0 radical (unpaired) electrons. The zero-order valence-corrected chi connectivity index (χ0v) is 10.6. The van der Waals surface area contributed by atoms with Crippen molar-refractivity contribution in [1.82, 2.24) is 14.5 Å². The summed E-state index contributed by atoms with van der Waals surface area (Å²) >= 11 is 5.89. The molecule has 0 bridgehead atoms. The van der Waals surface area contributed by atoms with Gasteiger partial charge in [-0.25, -0.2) is 9.97 Å². The van der Waals surface area contributed by atoms with E-state index in [4.69, 9.17) is 16.3 Å². The van der Waals surface area contributed by atoms with Crippen LogP contribution >= 0.6 is 11.6 Å². The topological polar surface area (TPSA) is 60.2 Å². The van der Waals surface area contributed by atoms with Crippen LogP contribution in [0.25, 0.3) is 11.2 Å². The lowest BCUT2D eigenvalue weighted by Crippen LogP contribution is -2.40. The summed E-state index contributed by atoms with van der Waals surface area (Å²) < 4.78 is 7.12. The van der Waals surface area contributed by atoms with E-state index < -0.39 is 5.60 Å². The third-order valence-electron chi connectivity index (χ3n) is 3.32. The number of ether oxygens (including phenoxy) is 1. The van der Waals surface area contributed by atoms with Gasteiger partial charge in [0.25, 0.3) is 0 Å². The zero-order chi connectivity index (χ0) is 12.6. The SMILES string of the molecule is OC1(Cn2cnc3ccc(Cl)nc32)CCOCC1. The summed E-state index contributed by atoms with van der Waals surface area (Å²) in [4.78, 5) is 8.51. The second kappa shape index (κ2) is 4.50. The highest BCUT2D eigenvalue weighted by atomic mass is 35.5. The van der Waals surface area contributed by atoms with Crippen molar-refractivity contribution in [3.8, 4) is 0 Å². The van der Waals surface area contributed by atoms with Crippen LogP contribution in [0.2, 0.25) is 5.15 Å². The fraction of sp³-hybridized carbons (Fsp3) is 0.500. The van der Waals surface area contributed by atoms with Crippen molar-refractivity contribution in [2.24, 2.45) is 0 Å². The molecule has 0 aliphatic carbocycles. The van der Waals surface area contributed by atoms with E-state index in [9.17, 15) is 5.11 Å². The molecule has 0 atom stereocenters. The van der Waals surface area contributed by atoms with Crippen LogP contribution in [0.15, 0.2) is 18.5 Å². The van der Waals surface area contributed by atoms with Crippen LogP contribution in [0.5, 0.6) is 0 Å². The van der Waals surface area contributed by atoms with E-state index in [1.807, 2.05) is 10.6 Å². The van der Waals surface area contributed by atoms with Gasteiger partial charge in [0, 0.05) is 26.1 Å². The molecule has 3 rings (SSSR count). The minimum absolute atomic E-state index is 0.434. The Morgan fingerprint density at radius 1 is 1.39 bits per heavy atom. The first-order chi connectivity index (χ1) is 8.66. The molecular weight excluding hydrogens is 254 g/mol. The molecular formula is C12H14ClN3O2. The Kier molecular flexibility index (Phi) is 2.97. The maximum atomic E-state index is 10.5. The number of aliphatic hydroxyl groups is 1. The van der Waals surface area contributed by atoms with E-state index >= 15 is 0 Å². The van der Waals surface area contributed by atoms with Gasteiger partial charge in [-0.1, -0.05) is 11.6 Å². The first-order valence-corrected chi connectivity index (χ1v) is 6.32. The van der Waals surface area contributed by atoms with Gasteiger partial charge < -0.3 is 14.4 Å². The molecule has 18 heavy (non-hydrogen) atoms. The largest absolute Gasteiger partial charge is 0.388 e. The van der Waals surface area contributed by atoms with Gasteiger partial charge in [-0.05, 0) is 12.1 Å². The molecule has 0 unspecified atom stereocenters. The predicted octanol–water partition coefficient (Wildman–Crippen LogP) is 1.63. The summed E-state index contributed by atoms with van der Waals surface area (Å²) in [6, 6.07) is 3.54. The number of aromatic nitrogens is 3. The molecule has 2 aromatic rings. The summed E-state index contributed by atoms with van der Waals surface area (Å²) in [6.45, 7) is 1.66. The number of imidazole rings is 1. The van der Waals surface area contributed by atoms with Crippen molar-refractivity contribution in [3.05, 3.63) is 23.6 Å². The molecule has 1 fully saturated rings. The summed E-state index contributed by atoms with van der Waals surface area (Å²) in [5.74, 6) is 0. The highest BCUT2D eigenvalue weighted by Gasteiger charge is 2.30. The number of hydrogen-bond acceptors (Lipinski definition) is 4. The van der Waals surface area contributed by atoms with Crippen LogP contribution < -0.4 is 0 Å². The number of rotatable bonds is 2. The molecule has 2 aromatic heterocycles. The molecule has 5 nitrogen and oxygen atoms in total. The normalized spacial score (nSPS) is 19.2. The minimum Gasteiger partial charge on any atom is -0.388 e. The molecule has 1 N–H and O–H groups in total. The average molecular weight is 268 g/mol. The van der Waals surface area contributed by atoms with E-state index in [0.717, 1.165) is 5.52 Å². The van der Waals surface area contributed by atoms with E-state index in [1.165, 1.54) is 0 Å². The molecule has 6 heteroatoms. The fourth-order valence-electron chi connectivity index (χ4n) is 2.26. The zero-order valence-electron chi connectivity index (χ0n) is 9.84. The highest BCUT2D eigenvalue weighted by Crippen LogP contribution is 2.24. The summed E-state index contributed by atoms with van der Waals surface area (Å²) in [7, 11) is 0.